The van der Waals surface area contributed by atoms with Crippen LogP contribution < -0.4 is 5.32 Å². The first-order valence-corrected chi connectivity index (χ1v) is 5.26. The average molecular weight is 187 g/mol. The summed E-state index contributed by atoms with van der Waals surface area (Å²) in [5.41, 5.74) is 0.483. The number of nitrogens with one attached hydrogen (secondary N) is 1. The molecule has 0 aromatic heterocycles. The SMILES string of the molecule is CNCCC(C)(C)CCCCOC. The summed E-state index contributed by atoms with van der Waals surface area (Å²) >= 11 is 0. The zero-order valence-corrected chi connectivity index (χ0v) is 9.65. The molecule has 0 unspecified atom stereocenters. The highest BCUT2D eigenvalue weighted by atomic mass is 16.5. The zero-order chi connectivity index (χ0) is 10.2. The minimum Gasteiger partial charge on any atom is -0.385 e. The van der Waals surface area contributed by atoms with E-state index in [9.17, 15) is 0 Å². The largest absolute Gasteiger partial charge is 0.385 e. The Hall–Kier alpha value is -0.0800. The molecule has 80 valence electrons. The van der Waals surface area contributed by atoms with Crippen molar-refractivity contribution in [1.29, 1.82) is 0 Å². The Kier molecular flexibility index (Phi) is 7.29. The maximum atomic E-state index is 5.03. The van der Waals surface area contributed by atoms with Gasteiger partial charge in [0.25, 0.3) is 0 Å². The van der Waals surface area contributed by atoms with Crippen molar-refractivity contribution >= 4 is 0 Å². The molecule has 0 radical (unpaired) electrons. The van der Waals surface area contributed by atoms with Crippen molar-refractivity contribution in [1.82, 2.24) is 5.32 Å². The third kappa shape index (κ3) is 8.26. The van der Waals surface area contributed by atoms with Gasteiger partial charge in [-0.15, -0.1) is 0 Å². The van der Waals surface area contributed by atoms with Crippen LogP contribution in [0.15, 0.2) is 0 Å². The number of hydrogen-bond donors (Lipinski definition) is 1. The number of hydrogen-bond acceptors (Lipinski definition) is 2. The number of unbranched alkanes of at least 4 members (excludes halogenated alkanes) is 1. The highest BCUT2D eigenvalue weighted by molar-refractivity contribution is 4.69. The minimum atomic E-state index is 0.483. The van der Waals surface area contributed by atoms with Crippen LogP contribution in [0.1, 0.15) is 39.5 Å². The lowest BCUT2D eigenvalue weighted by Gasteiger charge is -2.24. The predicted octanol–water partition coefficient (Wildman–Crippen LogP) is 2.44. The van der Waals surface area contributed by atoms with E-state index < -0.39 is 0 Å². The first kappa shape index (κ1) is 12.9. The fourth-order valence-electron chi connectivity index (χ4n) is 1.44. The molecule has 1 N–H and O–H groups in total. The highest BCUT2D eigenvalue weighted by Crippen LogP contribution is 2.26. The summed E-state index contributed by atoms with van der Waals surface area (Å²) in [6, 6.07) is 0. The molecule has 0 saturated heterocycles. The van der Waals surface area contributed by atoms with Gasteiger partial charge in [-0.1, -0.05) is 20.3 Å². The summed E-state index contributed by atoms with van der Waals surface area (Å²) < 4.78 is 5.03. The van der Waals surface area contributed by atoms with E-state index in [-0.39, 0.29) is 0 Å². The maximum Gasteiger partial charge on any atom is 0.0462 e. The summed E-state index contributed by atoms with van der Waals surface area (Å²) in [5.74, 6) is 0. The van der Waals surface area contributed by atoms with Crippen molar-refractivity contribution in [2.45, 2.75) is 39.5 Å². The maximum absolute atomic E-state index is 5.03. The Labute approximate surface area is 83.1 Å². The normalized spacial score (nSPS) is 12.0. The van der Waals surface area contributed by atoms with Crippen LogP contribution >= 0.6 is 0 Å². The van der Waals surface area contributed by atoms with E-state index in [0.717, 1.165) is 13.2 Å². The lowest BCUT2D eigenvalue weighted by atomic mass is 9.84. The van der Waals surface area contributed by atoms with Crippen molar-refractivity contribution in [3.8, 4) is 0 Å². The van der Waals surface area contributed by atoms with Gasteiger partial charge in [-0.25, -0.2) is 0 Å². The second kappa shape index (κ2) is 7.34. The number of methoxy groups -OCH3 is 1. The Bertz CT molecular complexity index is 113. The Morgan fingerprint density at radius 1 is 1.15 bits per heavy atom. The summed E-state index contributed by atoms with van der Waals surface area (Å²) in [7, 11) is 3.78. The molecule has 0 bridgehead atoms. The molecule has 0 saturated carbocycles. The Morgan fingerprint density at radius 3 is 2.38 bits per heavy atom. The summed E-state index contributed by atoms with van der Waals surface area (Å²) in [4.78, 5) is 0. The fraction of sp³-hybridized carbons (Fsp3) is 1.00. The van der Waals surface area contributed by atoms with E-state index in [1.807, 2.05) is 7.05 Å². The van der Waals surface area contributed by atoms with Crippen molar-refractivity contribution in [2.75, 3.05) is 27.3 Å². The third-order valence-corrected chi connectivity index (χ3v) is 2.50. The smallest absolute Gasteiger partial charge is 0.0462 e. The van der Waals surface area contributed by atoms with Gasteiger partial charge < -0.3 is 10.1 Å². The van der Waals surface area contributed by atoms with E-state index in [4.69, 9.17) is 4.74 Å². The lowest BCUT2D eigenvalue weighted by Crippen LogP contribution is -2.19. The molecule has 2 nitrogen and oxygen atoms in total. The van der Waals surface area contributed by atoms with Gasteiger partial charge in [-0.2, -0.15) is 0 Å². The standard InChI is InChI=1S/C11H25NO/c1-11(2,8-9-12-3)7-5-6-10-13-4/h12H,5-10H2,1-4H3. The van der Waals surface area contributed by atoms with Gasteiger partial charge in [0.05, 0.1) is 0 Å². The summed E-state index contributed by atoms with van der Waals surface area (Å²) in [6.07, 6.45) is 5.04. The van der Waals surface area contributed by atoms with Gasteiger partial charge in [-0.3, -0.25) is 0 Å². The molecule has 0 heterocycles. The van der Waals surface area contributed by atoms with Crippen LogP contribution in [0, 0.1) is 5.41 Å². The molecule has 0 aromatic rings. The lowest BCUT2D eigenvalue weighted by molar-refractivity contribution is 0.184. The molecule has 0 aromatic carbocycles. The molecule has 0 aliphatic carbocycles. The molecular formula is C11H25NO. The highest BCUT2D eigenvalue weighted by Gasteiger charge is 2.15. The van der Waals surface area contributed by atoms with Crippen LogP contribution in [-0.4, -0.2) is 27.3 Å². The Morgan fingerprint density at radius 2 is 1.85 bits per heavy atom. The second-order valence-electron chi connectivity index (χ2n) is 4.47. The quantitative estimate of drug-likeness (QED) is 0.589. The average Bonchev–Trinajstić information content (AvgIpc) is 2.09. The van der Waals surface area contributed by atoms with Gasteiger partial charge in [0.15, 0.2) is 0 Å². The van der Waals surface area contributed by atoms with Crippen molar-refractivity contribution in [2.24, 2.45) is 5.41 Å². The Balaban J connectivity index is 3.39. The first-order valence-electron chi connectivity index (χ1n) is 5.26. The number of rotatable bonds is 8. The molecule has 0 atom stereocenters. The molecule has 0 spiro atoms. The first-order chi connectivity index (χ1) is 6.12. The van der Waals surface area contributed by atoms with Crippen LogP contribution in [0.4, 0.5) is 0 Å². The van der Waals surface area contributed by atoms with E-state index in [1.54, 1.807) is 7.11 Å². The van der Waals surface area contributed by atoms with Crippen molar-refractivity contribution < 1.29 is 4.74 Å². The van der Waals surface area contributed by atoms with Crippen LogP contribution in [0.5, 0.6) is 0 Å². The van der Waals surface area contributed by atoms with E-state index in [2.05, 4.69) is 19.2 Å². The molecular weight excluding hydrogens is 162 g/mol. The van der Waals surface area contributed by atoms with Gasteiger partial charge in [0.2, 0.25) is 0 Å². The predicted molar refractivity (Wildman–Crippen MR) is 58.1 cm³/mol. The number of ether oxygens (including phenoxy) is 1. The van der Waals surface area contributed by atoms with Crippen molar-refractivity contribution in [3.63, 3.8) is 0 Å². The van der Waals surface area contributed by atoms with Crippen LogP contribution in [0.2, 0.25) is 0 Å². The van der Waals surface area contributed by atoms with Crippen LogP contribution in [-0.2, 0) is 4.74 Å². The van der Waals surface area contributed by atoms with Crippen molar-refractivity contribution in [3.05, 3.63) is 0 Å². The van der Waals surface area contributed by atoms with Gasteiger partial charge >= 0.3 is 0 Å². The van der Waals surface area contributed by atoms with Gasteiger partial charge in [0, 0.05) is 13.7 Å². The van der Waals surface area contributed by atoms with E-state index in [0.29, 0.717) is 5.41 Å². The zero-order valence-electron chi connectivity index (χ0n) is 9.65. The fourth-order valence-corrected chi connectivity index (χ4v) is 1.44. The monoisotopic (exact) mass is 187 g/mol. The van der Waals surface area contributed by atoms with Gasteiger partial charge in [0.1, 0.15) is 0 Å². The molecule has 0 amide bonds. The summed E-state index contributed by atoms with van der Waals surface area (Å²) in [6.45, 7) is 6.72. The molecule has 0 fully saturated rings. The van der Waals surface area contributed by atoms with E-state index >= 15 is 0 Å². The minimum absolute atomic E-state index is 0.483. The molecule has 13 heavy (non-hydrogen) atoms. The molecule has 2 heteroatoms. The molecule has 0 rings (SSSR count). The molecule has 0 aliphatic heterocycles. The van der Waals surface area contributed by atoms with Crippen LogP contribution in [0.25, 0.3) is 0 Å². The topological polar surface area (TPSA) is 21.3 Å². The molecule has 0 aliphatic rings. The second-order valence-corrected chi connectivity index (χ2v) is 4.47. The van der Waals surface area contributed by atoms with E-state index in [1.165, 1.54) is 25.7 Å². The third-order valence-electron chi connectivity index (χ3n) is 2.50. The van der Waals surface area contributed by atoms with Gasteiger partial charge in [-0.05, 0) is 38.3 Å². The summed E-state index contributed by atoms with van der Waals surface area (Å²) in [5, 5.41) is 3.20. The van der Waals surface area contributed by atoms with Crippen LogP contribution in [0.3, 0.4) is 0 Å².